The van der Waals surface area contributed by atoms with E-state index in [9.17, 15) is 0 Å². The number of guanidine groups is 1. The van der Waals surface area contributed by atoms with E-state index in [0.29, 0.717) is 12.0 Å². The molecule has 6 nitrogen and oxygen atoms in total. The third-order valence-electron chi connectivity index (χ3n) is 5.87. The average molecular weight is 359 g/mol. The fraction of sp³-hybridized carbons (Fsp3) is 0.650. The molecule has 1 aromatic carbocycles. The Balaban J connectivity index is 1.44. The van der Waals surface area contributed by atoms with Gasteiger partial charge in [0.15, 0.2) is 5.96 Å². The number of rotatable bonds is 3. The van der Waals surface area contributed by atoms with Gasteiger partial charge in [0.25, 0.3) is 0 Å². The first kappa shape index (κ1) is 17.5. The van der Waals surface area contributed by atoms with E-state index >= 15 is 0 Å². The van der Waals surface area contributed by atoms with Crippen LogP contribution in [0.1, 0.15) is 30.9 Å². The zero-order valence-electron chi connectivity index (χ0n) is 16.0. The Hall–Kier alpha value is -1.95. The van der Waals surface area contributed by atoms with Gasteiger partial charge in [0.2, 0.25) is 0 Å². The van der Waals surface area contributed by atoms with Crippen molar-refractivity contribution < 1.29 is 14.2 Å². The average Bonchev–Trinajstić information content (AvgIpc) is 3.35. The molecule has 6 heteroatoms. The Kier molecular flexibility index (Phi) is 4.69. The largest absolute Gasteiger partial charge is 0.496 e. The van der Waals surface area contributed by atoms with Crippen LogP contribution < -0.4 is 14.8 Å². The van der Waals surface area contributed by atoms with E-state index in [2.05, 4.69) is 34.3 Å². The molecular weight excluding hydrogens is 330 g/mol. The summed E-state index contributed by atoms with van der Waals surface area (Å²) in [5.74, 6) is 2.84. The predicted octanol–water partition coefficient (Wildman–Crippen LogP) is 2.21. The Morgan fingerprint density at radius 1 is 1.42 bits per heavy atom. The maximum absolute atomic E-state index is 5.91. The van der Waals surface area contributed by atoms with Crippen LogP contribution in [0.4, 0.5) is 0 Å². The summed E-state index contributed by atoms with van der Waals surface area (Å²) >= 11 is 0. The molecule has 0 amide bonds. The first-order valence-corrected chi connectivity index (χ1v) is 9.52. The van der Waals surface area contributed by atoms with Crippen LogP contribution in [0.25, 0.3) is 0 Å². The van der Waals surface area contributed by atoms with Gasteiger partial charge in [-0.3, -0.25) is 4.99 Å². The van der Waals surface area contributed by atoms with Crippen LogP contribution in [-0.4, -0.2) is 57.4 Å². The smallest absolute Gasteiger partial charge is 0.193 e. The highest BCUT2D eigenvalue weighted by Crippen LogP contribution is 2.38. The van der Waals surface area contributed by atoms with Crippen LogP contribution in [-0.2, 0) is 17.7 Å². The number of methoxy groups -OCH3 is 1. The van der Waals surface area contributed by atoms with Crippen molar-refractivity contribution in [3.63, 3.8) is 0 Å². The molecule has 2 unspecified atom stereocenters. The van der Waals surface area contributed by atoms with Gasteiger partial charge in [0, 0.05) is 56.3 Å². The van der Waals surface area contributed by atoms with Gasteiger partial charge in [-0.15, -0.1) is 0 Å². The first-order valence-electron chi connectivity index (χ1n) is 9.52. The molecule has 0 aromatic heterocycles. The van der Waals surface area contributed by atoms with Gasteiger partial charge in [0.1, 0.15) is 17.6 Å². The van der Waals surface area contributed by atoms with Gasteiger partial charge in [-0.2, -0.15) is 0 Å². The number of fused-ring (bicyclic) bond motifs is 1. The van der Waals surface area contributed by atoms with Gasteiger partial charge in [0.05, 0.1) is 13.7 Å². The first-order chi connectivity index (χ1) is 12.6. The highest BCUT2D eigenvalue weighted by atomic mass is 16.5. The summed E-state index contributed by atoms with van der Waals surface area (Å²) in [7, 11) is 3.58. The van der Waals surface area contributed by atoms with Crippen molar-refractivity contribution in [3.8, 4) is 11.5 Å². The van der Waals surface area contributed by atoms with Crippen molar-refractivity contribution in [2.45, 2.75) is 38.8 Å². The molecule has 1 aromatic rings. The molecule has 3 heterocycles. The number of nitrogens with zero attached hydrogens (tertiary/aromatic N) is 2. The van der Waals surface area contributed by atoms with E-state index in [1.807, 2.05) is 7.05 Å². The second kappa shape index (κ2) is 6.99. The lowest BCUT2D eigenvalue weighted by molar-refractivity contribution is 0.156. The van der Waals surface area contributed by atoms with Gasteiger partial charge in [-0.05, 0) is 31.9 Å². The predicted molar refractivity (Wildman–Crippen MR) is 101 cm³/mol. The molecule has 3 aliphatic heterocycles. The molecule has 1 N–H and O–H groups in total. The molecule has 4 rings (SSSR count). The molecule has 2 atom stereocenters. The van der Waals surface area contributed by atoms with E-state index < -0.39 is 0 Å². The van der Waals surface area contributed by atoms with E-state index in [4.69, 9.17) is 14.2 Å². The molecule has 3 aliphatic rings. The van der Waals surface area contributed by atoms with Crippen molar-refractivity contribution in [2.24, 2.45) is 10.4 Å². The number of ether oxygens (including phenoxy) is 3. The Labute approximate surface area is 155 Å². The lowest BCUT2D eigenvalue weighted by Gasteiger charge is -2.25. The second-order valence-electron chi connectivity index (χ2n) is 7.78. The molecular formula is C20H29N3O3. The van der Waals surface area contributed by atoms with Crippen molar-refractivity contribution in [3.05, 3.63) is 23.3 Å². The fourth-order valence-electron chi connectivity index (χ4n) is 4.40. The minimum atomic E-state index is 0.236. The van der Waals surface area contributed by atoms with Crippen molar-refractivity contribution in [2.75, 3.05) is 40.5 Å². The van der Waals surface area contributed by atoms with Crippen LogP contribution in [0.15, 0.2) is 17.1 Å². The SMILES string of the molecule is CN=C(NCc1cc2c(cc1OC)CC(C)O2)N1CCC2(CCOC2)C1. The standard InChI is InChI=1S/C20H29N3O3/c1-14-8-15-9-17(24-3)16(10-18(15)26-14)11-22-19(21-2)23-6-4-20(12-23)5-7-25-13-20/h9-10,14H,4-8,11-13H2,1-3H3,(H,21,22). The summed E-state index contributed by atoms with van der Waals surface area (Å²) in [6.45, 7) is 6.60. The van der Waals surface area contributed by atoms with Gasteiger partial charge in [-0.1, -0.05) is 0 Å². The third-order valence-corrected chi connectivity index (χ3v) is 5.87. The molecule has 1 spiro atoms. The van der Waals surface area contributed by atoms with E-state index in [-0.39, 0.29) is 6.10 Å². The van der Waals surface area contributed by atoms with E-state index in [1.165, 1.54) is 12.0 Å². The van der Waals surface area contributed by atoms with Crippen LogP contribution in [0, 0.1) is 5.41 Å². The maximum Gasteiger partial charge on any atom is 0.193 e. The van der Waals surface area contributed by atoms with Crippen molar-refractivity contribution in [1.82, 2.24) is 10.2 Å². The Morgan fingerprint density at radius 3 is 3.04 bits per heavy atom. The van der Waals surface area contributed by atoms with Crippen molar-refractivity contribution >= 4 is 5.96 Å². The number of likely N-dealkylation sites (tertiary alicyclic amines) is 1. The van der Waals surface area contributed by atoms with E-state index in [0.717, 1.165) is 62.2 Å². The summed E-state index contributed by atoms with van der Waals surface area (Å²) < 4.78 is 17.2. The number of nitrogens with one attached hydrogen (secondary N) is 1. The number of benzene rings is 1. The summed E-state index contributed by atoms with van der Waals surface area (Å²) in [5.41, 5.74) is 2.65. The quantitative estimate of drug-likeness (QED) is 0.662. The monoisotopic (exact) mass is 359 g/mol. The Morgan fingerprint density at radius 2 is 2.31 bits per heavy atom. The van der Waals surface area contributed by atoms with Crippen LogP contribution >= 0.6 is 0 Å². The number of aliphatic imine (C=N–C) groups is 1. The molecule has 2 fully saturated rings. The molecule has 0 bridgehead atoms. The zero-order chi connectivity index (χ0) is 18.1. The fourth-order valence-corrected chi connectivity index (χ4v) is 4.40. The van der Waals surface area contributed by atoms with Crippen LogP contribution in [0.2, 0.25) is 0 Å². The normalized spacial score (nSPS) is 27.7. The highest BCUT2D eigenvalue weighted by molar-refractivity contribution is 5.80. The second-order valence-corrected chi connectivity index (χ2v) is 7.78. The summed E-state index contributed by atoms with van der Waals surface area (Å²) in [5, 5.41) is 3.51. The molecule has 0 radical (unpaired) electrons. The van der Waals surface area contributed by atoms with Crippen LogP contribution in [0.3, 0.4) is 0 Å². The van der Waals surface area contributed by atoms with Crippen molar-refractivity contribution in [1.29, 1.82) is 0 Å². The van der Waals surface area contributed by atoms with Crippen LogP contribution in [0.5, 0.6) is 11.5 Å². The lowest BCUT2D eigenvalue weighted by Crippen LogP contribution is -2.41. The topological polar surface area (TPSA) is 55.3 Å². The number of hydrogen-bond acceptors (Lipinski definition) is 4. The van der Waals surface area contributed by atoms with Gasteiger partial charge < -0.3 is 24.4 Å². The molecule has 0 aliphatic carbocycles. The lowest BCUT2D eigenvalue weighted by atomic mass is 9.87. The zero-order valence-corrected chi connectivity index (χ0v) is 16.0. The molecule has 2 saturated heterocycles. The molecule has 26 heavy (non-hydrogen) atoms. The third kappa shape index (κ3) is 3.22. The summed E-state index contributed by atoms with van der Waals surface area (Å²) in [6, 6.07) is 4.22. The van der Waals surface area contributed by atoms with Gasteiger partial charge >= 0.3 is 0 Å². The Bertz CT molecular complexity index is 698. The summed E-state index contributed by atoms with van der Waals surface area (Å²) in [6.07, 6.45) is 3.52. The number of hydrogen-bond donors (Lipinski definition) is 1. The molecule has 0 saturated carbocycles. The maximum atomic E-state index is 5.91. The minimum Gasteiger partial charge on any atom is -0.496 e. The minimum absolute atomic E-state index is 0.236. The highest BCUT2D eigenvalue weighted by Gasteiger charge is 2.42. The summed E-state index contributed by atoms with van der Waals surface area (Å²) in [4.78, 5) is 6.85. The molecule has 142 valence electrons. The van der Waals surface area contributed by atoms with Gasteiger partial charge in [-0.25, -0.2) is 0 Å². The van der Waals surface area contributed by atoms with E-state index in [1.54, 1.807) is 7.11 Å².